The summed E-state index contributed by atoms with van der Waals surface area (Å²) in [5, 5.41) is 17.6. The van der Waals surface area contributed by atoms with Gasteiger partial charge in [0, 0.05) is 11.6 Å². The normalized spacial score (nSPS) is 18.8. The molecule has 3 rings (SSSR count). The smallest absolute Gasteiger partial charge is 0.374 e. The SMILES string of the molecule is C#CNC(O)CNC(=O)c1sc(C2=NOC(c3cc(Cl)c(Cl)c(Cl)c3)(C(F)(F)F)C2)cc1C. The van der Waals surface area contributed by atoms with Gasteiger partial charge in [-0.05, 0) is 30.7 Å². The second-order valence-electron chi connectivity index (χ2n) is 7.02. The van der Waals surface area contributed by atoms with E-state index in [-0.39, 0.29) is 37.8 Å². The number of aliphatic hydroxyl groups excluding tert-OH is 1. The molecule has 0 saturated carbocycles. The molecule has 176 valence electrons. The van der Waals surface area contributed by atoms with Gasteiger partial charge in [0.05, 0.1) is 37.8 Å². The molecule has 1 aliphatic heterocycles. The van der Waals surface area contributed by atoms with Gasteiger partial charge in [0.1, 0.15) is 11.9 Å². The first-order chi connectivity index (χ1) is 15.4. The maximum atomic E-state index is 14.2. The van der Waals surface area contributed by atoms with Crippen LogP contribution in [0.1, 0.15) is 32.1 Å². The van der Waals surface area contributed by atoms with E-state index in [0.717, 1.165) is 23.5 Å². The van der Waals surface area contributed by atoms with Crippen LogP contribution in [0.4, 0.5) is 13.2 Å². The van der Waals surface area contributed by atoms with Gasteiger partial charge in [-0.2, -0.15) is 13.2 Å². The van der Waals surface area contributed by atoms with Crippen LogP contribution in [-0.2, 0) is 10.4 Å². The Balaban J connectivity index is 1.88. The van der Waals surface area contributed by atoms with E-state index >= 15 is 0 Å². The van der Waals surface area contributed by atoms with Gasteiger partial charge in [0.25, 0.3) is 11.5 Å². The lowest BCUT2D eigenvalue weighted by Gasteiger charge is -2.29. The monoisotopic (exact) mass is 539 g/mol. The minimum Gasteiger partial charge on any atom is -0.374 e. The molecule has 1 aliphatic rings. The molecule has 1 aromatic carbocycles. The Morgan fingerprint density at radius 1 is 1.36 bits per heavy atom. The molecule has 0 spiro atoms. The summed E-state index contributed by atoms with van der Waals surface area (Å²) < 4.78 is 42.6. The number of halogens is 6. The highest BCUT2D eigenvalue weighted by Crippen LogP contribution is 2.51. The number of aryl methyl sites for hydroxylation is 1. The number of oxime groups is 1. The highest BCUT2D eigenvalue weighted by molar-refractivity contribution is 7.16. The van der Waals surface area contributed by atoms with Gasteiger partial charge in [0.15, 0.2) is 0 Å². The standard InChI is InChI=1S/C20H15Cl3F3N3O3S/c1-3-27-15(30)8-28-18(31)17-9(2)4-14(33-17)13-7-19(32-29-13,20(24,25)26)10-5-11(21)16(23)12(22)6-10/h1,4-6,15,27,30H,7-8H2,2H3,(H,28,31). The van der Waals surface area contributed by atoms with E-state index in [1.807, 2.05) is 6.04 Å². The number of rotatable bonds is 6. The summed E-state index contributed by atoms with van der Waals surface area (Å²) in [5.74, 6) is -0.528. The van der Waals surface area contributed by atoms with Crippen molar-refractivity contribution < 1.29 is 27.9 Å². The van der Waals surface area contributed by atoms with E-state index in [4.69, 9.17) is 46.1 Å². The molecule has 2 unspecified atom stereocenters. The lowest BCUT2D eigenvalue weighted by atomic mass is 9.88. The number of amides is 1. The van der Waals surface area contributed by atoms with Crippen molar-refractivity contribution in [3.63, 3.8) is 0 Å². The largest absolute Gasteiger partial charge is 0.435 e. The molecule has 1 aromatic heterocycles. The zero-order valence-corrected chi connectivity index (χ0v) is 19.8. The van der Waals surface area contributed by atoms with Crippen molar-refractivity contribution >= 4 is 57.8 Å². The average Bonchev–Trinajstić information content (AvgIpc) is 3.35. The van der Waals surface area contributed by atoms with Crippen molar-refractivity contribution in [2.75, 3.05) is 6.54 Å². The lowest BCUT2D eigenvalue weighted by Crippen LogP contribution is -2.42. The Kier molecular flexibility index (Phi) is 7.41. The van der Waals surface area contributed by atoms with E-state index in [0.29, 0.717) is 10.4 Å². The average molecular weight is 541 g/mol. The highest BCUT2D eigenvalue weighted by Gasteiger charge is 2.62. The number of hydrogen-bond donors (Lipinski definition) is 3. The summed E-state index contributed by atoms with van der Waals surface area (Å²) in [6.07, 6.45) is -1.69. The first-order valence-electron chi connectivity index (χ1n) is 9.14. The molecule has 0 radical (unpaired) electrons. The van der Waals surface area contributed by atoms with Crippen molar-refractivity contribution in [1.29, 1.82) is 0 Å². The third kappa shape index (κ3) is 5.03. The molecule has 3 N–H and O–H groups in total. The molecule has 0 saturated heterocycles. The predicted molar refractivity (Wildman–Crippen MR) is 121 cm³/mol. The van der Waals surface area contributed by atoms with E-state index in [9.17, 15) is 23.1 Å². The van der Waals surface area contributed by atoms with Crippen LogP contribution in [0.5, 0.6) is 0 Å². The molecule has 2 aromatic rings. The Morgan fingerprint density at radius 2 is 2.00 bits per heavy atom. The molecule has 6 nitrogen and oxygen atoms in total. The van der Waals surface area contributed by atoms with Gasteiger partial charge in [0.2, 0.25) is 0 Å². The number of alkyl halides is 3. The van der Waals surface area contributed by atoms with Gasteiger partial charge in [-0.1, -0.05) is 46.4 Å². The van der Waals surface area contributed by atoms with Gasteiger partial charge in [-0.3, -0.25) is 4.79 Å². The summed E-state index contributed by atoms with van der Waals surface area (Å²) in [5.41, 5.74) is -2.67. The quantitative estimate of drug-likeness (QED) is 0.212. The van der Waals surface area contributed by atoms with Crippen molar-refractivity contribution in [1.82, 2.24) is 10.6 Å². The second kappa shape index (κ2) is 9.60. The molecular formula is C20H15Cl3F3N3O3S. The topological polar surface area (TPSA) is 83.0 Å². The predicted octanol–water partition coefficient (Wildman–Crippen LogP) is 4.83. The fourth-order valence-corrected chi connectivity index (χ4v) is 4.75. The molecule has 13 heteroatoms. The van der Waals surface area contributed by atoms with E-state index in [1.165, 1.54) is 6.07 Å². The molecule has 0 bridgehead atoms. The van der Waals surface area contributed by atoms with E-state index < -0.39 is 30.3 Å². The molecule has 0 aliphatic carbocycles. The molecule has 1 amide bonds. The first kappa shape index (κ1) is 25.5. The molecule has 0 fully saturated rings. The number of nitrogens with one attached hydrogen (secondary N) is 2. The van der Waals surface area contributed by atoms with Crippen LogP contribution in [0.2, 0.25) is 15.1 Å². The molecule has 2 heterocycles. The molecule has 2 atom stereocenters. The summed E-state index contributed by atoms with van der Waals surface area (Å²) in [6, 6.07) is 5.64. The minimum absolute atomic E-state index is 0.00398. The Morgan fingerprint density at radius 3 is 2.58 bits per heavy atom. The van der Waals surface area contributed by atoms with Crippen LogP contribution < -0.4 is 10.6 Å². The zero-order chi connectivity index (χ0) is 24.6. The van der Waals surface area contributed by atoms with Crippen molar-refractivity contribution in [2.45, 2.75) is 31.3 Å². The van der Waals surface area contributed by atoms with Crippen LogP contribution in [0.3, 0.4) is 0 Å². The van der Waals surface area contributed by atoms with Gasteiger partial charge in [-0.25, -0.2) is 0 Å². The summed E-state index contributed by atoms with van der Waals surface area (Å²) in [4.78, 5) is 18.0. The number of aliphatic hydroxyl groups is 1. The second-order valence-corrected chi connectivity index (χ2v) is 9.27. The zero-order valence-electron chi connectivity index (χ0n) is 16.7. The third-order valence-corrected chi connectivity index (χ3v) is 7.23. The Hall–Kier alpha value is -2.16. The number of nitrogens with zero attached hydrogens (tertiary/aromatic N) is 1. The van der Waals surface area contributed by atoms with E-state index in [1.54, 1.807) is 6.92 Å². The van der Waals surface area contributed by atoms with Crippen LogP contribution in [0.25, 0.3) is 0 Å². The van der Waals surface area contributed by atoms with Crippen molar-refractivity contribution in [3.8, 4) is 12.5 Å². The number of carbonyl (C=O) groups excluding carboxylic acids is 1. The van der Waals surface area contributed by atoms with Crippen LogP contribution in [0.15, 0.2) is 23.4 Å². The van der Waals surface area contributed by atoms with Crippen molar-refractivity contribution in [2.24, 2.45) is 5.16 Å². The summed E-state index contributed by atoms with van der Waals surface area (Å²) in [6.45, 7) is 1.45. The van der Waals surface area contributed by atoms with Crippen LogP contribution >= 0.6 is 46.1 Å². The fraction of sp³-hybridized carbons (Fsp3) is 0.300. The number of benzene rings is 1. The van der Waals surface area contributed by atoms with Gasteiger partial charge in [-0.15, -0.1) is 11.3 Å². The number of terminal acetylenes is 1. The van der Waals surface area contributed by atoms with Crippen LogP contribution in [0, 0.1) is 19.4 Å². The van der Waals surface area contributed by atoms with E-state index in [2.05, 4.69) is 15.8 Å². The Labute approximate surface area is 205 Å². The summed E-state index contributed by atoms with van der Waals surface area (Å²) in [7, 11) is 0. The summed E-state index contributed by atoms with van der Waals surface area (Å²) >= 11 is 18.7. The first-order valence-corrected chi connectivity index (χ1v) is 11.1. The minimum atomic E-state index is -4.87. The lowest BCUT2D eigenvalue weighted by molar-refractivity contribution is -0.275. The fourth-order valence-electron chi connectivity index (χ4n) is 3.09. The Bertz CT molecular complexity index is 1140. The number of hydrogen-bond acceptors (Lipinski definition) is 6. The maximum absolute atomic E-state index is 14.2. The van der Waals surface area contributed by atoms with Gasteiger partial charge >= 0.3 is 6.18 Å². The van der Waals surface area contributed by atoms with Gasteiger partial charge < -0.3 is 20.6 Å². The number of carbonyl (C=O) groups is 1. The molecular weight excluding hydrogens is 526 g/mol. The molecule has 33 heavy (non-hydrogen) atoms. The number of thiophene rings is 1. The maximum Gasteiger partial charge on any atom is 0.435 e. The highest BCUT2D eigenvalue weighted by atomic mass is 35.5. The van der Waals surface area contributed by atoms with Crippen molar-refractivity contribution in [3.05, 3.63) is 54.1 Å². The van der Waals surface area contributed by atoms with Crippen LogP contribution in [-0.4, -0.2) is 35.7 Å². The third-order valence-electron chi connectivity index (χ3n) is 4.75.